The number of hydrogen-bond acceptors (Lipinski definition) is 5. The van der Waals surface area contributed by atoms with E-state index in [9.17, 15) is 14.4 Å². The average Bonchev–Trinajstić information content (AvgIpc) is 2.59. The van der Waals surface area contributed by atoms with Gasteiger partial charge in [0.1, 0.15) is 0 Å². The smallest absolute Gasteiger partial charge is 0.351 e. The molecule has 23 heavy (non-hydrogen) atoms. The number of carbonyl (C=O) groups excluding carboxylic acids is 3. The normalized spacial score (nSPS) is 11.3. The van der Waals surface area contributed by atoms with Crippen LogP contribution >= 0.6 is 0 Å². The topological polar surface area (TPSA) is 95.7 Å². The highest BCUT2D eigenvalue weighted by Gasteiger charge is 2.26. The van der Waals surface area contributed by atoms with Crippen LogP contribution in [-0.4, -0.2) is 25.0 Å². The van der Waals surface area contributed by atoms with Gasteiger partial charge in [0.2, 0.25) is 12.0 Å². The number of amides is 1. The Morgan fingerprint density at radius 2 is 1.48 bits per heavy atom. The highest BCUT2D eigenvalue weighted by atomic mass is 16.6. The lowest BCUT2D eigenvalue weighted by Gasteiger charge is -2.16. The molecule has 2 aromatic rings. The van der Waals surface area contributed by atoms with Crippen molar-refractivity contribution in [1.82, 2.24) is 0 Å². The van der Waals surface area contributed by atoms with Crippen LogP contribution in [-0.2, 0) is 14.3 Å². The molecule has 0 aliphatic heterocycles. The van der Waals surface area contributed by atoms with Crippen LogP contribution in [0.25, 0.3) is 0 Å². The summed E-state index contributed by atoms with van der Waals surface area (Å²) < 4.78 is 9.92. The molecule has 0 bridgehead atoms. The summed E-state index contributed by atoms with van der Waals surface area (Å²) in [6.07, 6.45) is -1.16. The largest absolute Gasteiger partial charge is 0.466 e. The standard InChI is InChI=1S/C17H15NO5/c1-22-17(21)14(11-5-3-2-4-6-11)23-16(20)13-9-7-12(8-10-13)15(18)19/h2-10,14H,1H3,(H2,18,19)/t14-/m0/s1. The molecule has 0 aromatic heterocycles. The highest BCUT2D eigenvalue weighted by Crippen LogP contribution is 2.20. The zero-order valence-corrected chi connectivity index (χ0v) is 12.4. The van der Waals surface area contributed by atoms with Gasteiger partial charge in [-0.3, -0.25) is 4.79 Å². The molecule has 0 heterocycles. The van der Waals surface area contributed by atoms with Gasteiger partial charge in [0, 0.05) is 11.1 Å². The summed E-state index contributed by atoms with van der Waals surface area (Å²) in [5.41, 5.74) is 6.11. The summed E-state index contributed by atoms with van der Waals surface area (Å²) in [4.78, 5) is 35.1. The first-order valence-corrected chi connectivity index (χ1v) is 6.76. The number of primary amides is 1. The maximum atomic E-state index is 12.2. The van der Waals surface area contributed by atoms with Crippen molar-refractivity contribution in [3.8, 4) is 0 Å². The molecule has 0 unspecified atom stereocenters. The average molecular weight is 313 g/mol. The molecule has 1 atom stereocenters. The van der Waals surface area contributed by atoms with Gasteiger partial charge >= 0.3 is 11.9 Å². The van der Waals surface area contributed by atoms with Gasteiger partial charge in [-0.15, -0.1) is 0 Å². The van der Waals surface area contributed by atoms with Gasteiger partial charge in [-0.25, -0.2) is 9.59 Å². The molecule has 6 nitrogen and oxygen atoms in total. The summed E-state index contributed by atoms with van der Waals surface area (Å²) in [5.74, 6) is -1.99. The van der Waals surface area contributed by atoms with E-state index in [1.165, 1.54) is 31.4 Å². The van der Waals surface area contributed by atoms with Gasteiger partial charge in [-0.2, -0.15) is 0 Å². The molecule has 6 heteroatoms. The summed E-state index contributed by atoms with van der Waals surface area (Å²) in [5, 5.41) is 0. The molecule has 2 N–H and O–H groups in total. The van der Waals surface area contributed by atoms with Gasteiger partial charge in [0.25, 0.3) is 0 Å². The first kappa shape index (κ1) is 16.2. The highest BCUT2D eigenvalue weighted by molar-refractivity contribution is 5.95. The second-order valence-electron chi connectivity index (χ2n) is 4.66. The van der Waals surface area contributed by atoms with Crippen LogP contribution in [0.5, 0.6) is 0 Å². The van der Waals surface area contributed by atoms with Crippen LogP contribution in [0.1, 0.15) is 32.4 Å². The van der Waals surface area contributed by atoms with E-state index in [4.69, 9.17) is 10.5 Å². The van der Waals surface area contributed by atoms with E-state index in [1.807, 2.05) is 0 Å². The lowest BCUT2D eigenvalue weighted by molar-refractivity contribution is -0.151. The lowest BCUT2D eigenvalue weighted by atomic mass is 10.1. The second-order valence-corrected chi connectivity index (χ2v) is 4.66. The van der Waals surface area contributed by atoms with E-state index in [0.717, 1.165) is 0 Å². The third kappa shape index (κ3) is 3.94. The Bertz CT molecular complexity index is 710. The molecule has 0 aliphatic carbocycles. The van der Waals surface area contributed by atoms with Gasteiger partial charge in [0.15, 0.2) is 0 Å². The van der Waals surface area contributed by atoms with Crippen molar-refractivity contribution in [3.63, 3.8) is 0 Å². The Balaban J connectivity index is 2.20. The first-order chi connectivity index (χ1) is 11.0. The van der Waals surface area contributed by atoms with Crippen molar-refractivity contribution in [3.05, 3.63) is 71.3 Å². The fourth-order valence-electron chi connectivity index (χ4n) is 1.93. The molecular formula is C17H15NO5. The van der Waals surface area contributed by atoms with E-state index >= 15 is 0 Å². The number of methoxy groups -OCH3 is 1. The minimum absolute atomic E-state index is 0.194. The van der Waals surface area contributed by atoms with Crippen molar-refractivity contribution in [2.45, 2.75) is 6.10 Å². The number of carbonyl (C=O) groups is 3. The predicted molar refractivity (Wildman–Crippen MR) is 81.6 cm³/mol. The van der Waals surface area contributed by atoms with Crippen molar-refractivity contribution < 1.29 is 23.9 Å². The van der Waals surface area contributed by atoms with Gasteiger partial charge in [-0.1, -0.05) is 30.3 Å². The summed E-state index contributed by atoms with van der Waals surface area (Å²) in [6.45, 7) is 0. The number of nitrogens with two attached hydrogens (primary N) is 1. The Hall–Kier alpha value is -3.15. The van der Waals surface area contributed by atoms with E-state index in [1.54, 1.807) is 30.3 Å². The Morgan fingerprint density at radius 1 is 0.913 bits per heavy atom. The molecule has 0 aliphatic rings. The number of rotatable bonds is 5. The molecule has 0 radical (unpaired) electrons. The monoisotopic (exact) mass is 313 g/mol. The van der Waals surface area contributed by atoms with Crippen LogP contribution in [0, 0.1) is 0 Å². The molecular weight excluding hydrogens is 298 g/mol. The molecule has 118 valence electrons. The number of ether oxygens (including phenoxy) is 2. The first-order valence-electron chi connectivity index (χ1n) is 6.76. The minimum Gasteiger partial charge on any atom is -0.466 e. The SMILES string of the molecule is COC(=O)[C@@H](OC(=O)c1ccc(C(N)=O)cc1)c1ccccc1. The molecule has 0 spiro atoms. The van der Waals surface area contributed by atoms with E-state index < -0.39 is 23.9 Å². The van der Waals surface area contributed by atoms with Gasteiger partial charge < -0.3 is 15.2 Å². The Morgan fingerprint density at radius 3 is 2.00 bits per heavy atom. The number of esters is 2. The lowest BCUT2D eigenvalue weighted by Crippen LogP contribution is -2.21. The van der Waals surface area contributed by atoms with Crippen LogP contribution in [0.2, 0.25) is 0 Å². The van der Waals surface area contributed by atoms with Crippen molar-refractivity contribution in [2.24, 2.45) is 5.73 Å². The molecule has 0 saturated heterocycles. The predicted octanol–water partition coefficient (Wildman–Crippen LogP) is 1.86. The third-order valence-electron chi connectivity index (χ3n) is 3.15. The molecule has 2 aromatic carbocycles. The maximum absolute atomic E-state index is 12.2. The minimum atomic E-state index is -1.16. The van der Waals surface area contributed by atoms with Crippen molar-refractivity contribution >= 4 is 17.8 Å². The second kappa shape index (κ2) is 7.22. The van der Waals surface area contributed by atoms with Gasteiger partial charge in [-0.05, 0) is 24.3 Å². The Labute approximate surface area is 132 Å². The van der Waals surface area contributed by atoms with Crippen LogP contribution in [0.15, 0.2) is 54.6 Å². The fraction of sp³-hybridized carbons (Fsp3) is 0.118. The van der Waals surface area contributed by atoms with Crippen LogP contribution in [0.3, 0.4) is 0 Å². The third-order valence-corrected chi connectivity index (χ3v) is 3.15. The van der Waals surface area contributed by atoms with E-state index in [0.29, 0.717) is 5.56 Å². The van der Waals surface area contributed by atoms with Crippen LogP contribution in [0.4, 0.5) is 0 Å². The van der Waals surface area contributed by atoms with Crippen molar-refractivity contribution in [2.75, 3.05) is 7.11 Å². The zero-order chi connectivity index (χ0) is 16.8. The zero-order valence-electron chi connectivity index (χ0n) is 12.4. The van der Waals surface area contributed by atoms with E-state index in [2.05, 4.69) is 4.74 Å². The molecule has 2 rings (SSSR count). The maximum Gasteiger partial charge on any atom is 0.351 e. The van der Waals surface area contributed by atoms with E-state index in [-0.39, 0.29) is 11.1 Å². The molecule has 0 saturated carbocycles. The number of hydrogen-bond donors (Lipinski definition) is 1. The van der Waals surface area contributed by atoms with Gasteiger partial charge in [0.05, 0.1) is 12.7 Å². The quantitative estimate of drug-likeness (QED) is 0.850. The number of benzene rings is 2. The Kier molecular flexibility index (Phi) is 5.09. The van der Waals surface area contributed by atoms with Crippen molar-refractivity contribution in [1.29, 1.82) is 0 Å². The summed E-state index contributed by atoms with van der Waals surface area (Å²) in [7, 11) is 1.22. The van der Waals surface area contributed by atoms with Crippen LogP contribution < -0.4 is 5.73 Å². The summed E-state index contributed by atoms with van der Waals surface area (Å²) in [6, 6.07) is 14.2. The molecule has 1 amide bonds. The fourth-order valence-corrected chi connectivity index (χ4v) is 1.93. The summed E-state index contributed by atoms with van der Waals surface area (Å²) >= 11 is 0. The molecule has 0 fully saturated rings.